The van der Waals surface area contributed by atoms with Gasteiger partial charge in [0.15, 0.2) is 0 Å². The minimum absolute atomic E-state index is 0.0295. The Morgan fingerprint density at radius 2 is 1.67 bits per heavy atom. The molecule has 5 aromatic rings. The van der Waals surface area contributed by atoms with Crippen LogP contribution in [0.5, 0.6) is 0 Å². The first-order chi connectivity index (χ1) is 21.7. The summed E-state index contributed by atoms with van der Waals surface area (Å²) in [5.41, 5.74) is 17.2. The lowest BCUT2D eigenvalue weighted by Gasteiger charge is -2.35. The summed E-state index contributed by atoms with van der Waals surface area (Å²) in [5.74, 6) is -1.44. The van der Waals surface area contributed by atoms with Crippen LogP contribution in [0.3, 0.4) is 0 Å². The molecule has 2 heterocycles. The number of primary amides is 1. The fourth-order valence-electron chi connectivity index (χ4n) is 6.32. The van der Waals surface area contributed by atoms with E-state index in [0.29, 0.717) is 58.1 Å². The molecule has 3 amide bonds. The zero-order valence-electron chi connectivity index (χ0n) is 25.2. The average Bonchev–Trinajstić information content (AvgIpc) is 3.43. The number of nitrogens with two attached hydrogens (primary N) is 2. The van der Waals surface area contributed by atoms with Crippen LogP contribution in [0.4, 0.5) is 10.1 Å². The van der Waals surface area contributed by atoms with E-state index in [0.717, 1.165) is 34.7 Å². The van der Waals surface area contributed by atoms with Crippen LogP contribution in [0.15, 0.2) is 72.8 Å². The summed E-state index contributed by atoms with van der Waals surface area (Å²) in [5, 5.41) is 4.48. The molecule has 0 aliphatic carbocycles. The molecular formula is C35H35FN6O3. The Bertz CT molecular complexity index is 1940. The predicted molar refractivity (Wildman–Crippen MR) is 175 cm³/mol. The average molecular weight is 607 g/mol. The van der Waals surface area contributed by atoms with Gasteiger partial charge < -0.3 is 31.6 Å². The molecule has 230 valence electrons. The highest BCUT2D eigenvalue weighted by atomic mass is 19.1. The monoisotopic (exact) mass is 606 g/mol. The predicted octanol–water partition coefficient (Wildman–Crippen LogP) is 5.10. The minimum Gasteiger partial charge on any atom is -0.366 e. The van der Waals surface area contributed by atoms with Gasteiger partial charge in [0, 0.05) is 58.8 Å². The van der Waals surface area contributed by atoms with Crippen molar-refractivity contribution in [2.24, 2.45) is 11.5 Å². The fourth-order valence-corrected chi connectivity index (χ4v) is 6.32. The number of nitrogens with zero attached hydrogens (tertiary/aromatic N) is 2. The van der Waals surface area contributed by atoms with Crippen molar-refractivity contribution in [3.8, 4) is 11.1 Å². The first kappa shape index (κ1) is 30.0. The topological polar surface area (TPSA) is 138 Å². The van der Waals surface area contributed by atoms with Gasteiger partial charge in [-0.05, 0) is 92.2 Å². The summed E-state index contributed by atoms with van der Waals surface area (Å²) in [6.07, 6.45) is 1.84. The molecular weight excluding hydrogens is 571 g/mol. The van der Waals surface area contributed by atoms with Gasteiger partial charge in [0.25, 0.3) is 17.7 Å². The number of H-pyrrole nitrogens is 1. The van der Waals surface area contributed by atoms with Crippen LogP contribution in [0.1, 0.15) is 49.5 Å². The van der Waals surface area contributed by atoms with Crippen LogP contribution in [-0.4, -0.2) is 65.7 Å². The summed E-state index contributed by atoms with van der Waals surface area (Å²) in [4.78, 5) is 46.4. The molecule has 1 saturated heterocycles. The molecule has 1 fully saturated rings. The van der Waals surface area contributed by atoms with Crippen LogP contribution in [0.2, 0.25) is 0 Å². The van der Waals surface area contributed by atoms with Crippen LogP contribution < -0.4 is 16.8 Å². The van der Waals surface area contributed by atoms with Gasteiger partial charge in [-0.25, -0.2) is 4.39 Å². The molecule has 1 aromatic heterocycles. The highest BCUT2D eigenvalue weighted by Gasteiger charge is 2.26. The second-order valence-electron chi connectivity index (χ2n) is 11.6. The number of aromatic amines is 1. The number of nitrogens with one attached hydrogen (secondary N) is 2. The molecule has 1 aliphatic heterocycles. The van der Waals surface area contributed by atoms with E-state index in [1.807, 2.05) is 41.3 Å². The number of carbonyl (C=O) groups is 3. The molecule has 6 N–H and O–H groups in total. The molecule has 6 rings (SSSR count). The summed E-state index contributed by atoms with van der Waals surface area (Å²) in [7, 11) is 4.13. The number of halogens is 1. The van der Waals surface area contributed by atoms with Crippen LogP contribution in [0.25, 0.3) is 32.9 Å². The summed E-state index contributed by atoms with van der Waals surface area (Å²) in [6, 6.07) is 20.3. The van der Waals surface area contributed by atoms with Gasteiger partial charge in [0.05, 0.1) is 11.1 Å². The number of aromatic nitrogens is 1. The highest BCUT2D eigenvalue weighted by molar-refractivity contribution is 6.20. The van der Waals surface area contributed by atoms with Crippen molar-refractivity contribution in [2.45, 2.75) is 25.4 Å². The Morgan fingerprint density at radius 1 is 0.956 bits per heavy atom. The first-order valence-corrected chi connectivity index (χ1v) is 14.9. The maximum absolute atomic E-state index is 13.5. The van der Waals surface area contributed by atoms with Gasteiger partial charge in [0.2, 0.25) is 0 Å². The van der Waals surface area contributed by atoms with Gasteiger partial charge >= 0.3 is 0 Å². The number of anilines is 1. The third kappa shape index (κ3) is 5.65. The molecule has 1 aliphatic rings. The van der Waals surface area contributed by atoms with Crippen molar-refractivity contribution in [3.63, 3.8) is 0 Å². The van der Waals surface area contributed by atoms with Gasteiger partial charge in [-0.15, -0.1) is 0 Å². The lowest BCUT2D eigenvalue weighted by Crippen LogP contribution is -2.44. The Hall–Kier alpha value is -5.06. The van der Waals surface area contributed by atoms with Crippen molar-refractivity contribution >= 4 is 45.2 Å². The Labute approximate surface area is 260 Å². The number of hydrogen-bond acceptors (Lipinski definition) is 5. The smallest absolute Gasteiger partial charge is 0.255 e. The SMILES string of the molecule is CN(C)C1CCN(C(=O)c2ccc3c(c2)[nH]c2c(C(N)=O)ccc(-c4cccc(NC(=O)c5ccc(F)cc5)c4CN)c23)CC1. The number of piperidine rings is 1. The lowest BCUT2D eigenvalue weighted by molar-refractivity contribution is 0.0663. The molecule has 0 saturated carbocycles. The summed E-state index contributed by atoms with van der Waals surface area (Å²) < 4.78 is 13.4. The number of likely N-dealkylation sites (tertiary alicyclic amines) is 1. The van der Waals surface area contributed by atoms with E-state index in [4.69, 9.17) is 11.5 Å². The van der Waals surface area contributed by atoms with Crippen molar-refractivity contribution in [1.29, 1.82) is 0 Å². The van der Waals surface area contributed by atoms with Crippen LogP contribution in [-0.2, 0) is 6.54 Å². The zero-order valence-corrected chi connectivity index (χ0v) is 25.2. The summed E-state index contributed by atoms with van der Waals surface area (Å²) in [6.45, 7) is 1.50. The normalized spacial score (nSPS) is 13.9. The van der Waals surface area contributed by atoms with Gasteiger partial charge in [-0.3, -0.25) is 14.4 Å². The van der Waals surface area contributed by atoms with E-state index >= 15 is 0 Å². The standard InChI is InChI=1S/C35H35FN6O3/c1-41(2)23-14-16-42(17-15-23)35(45)21-8-11-26-30(18-21)39-32-27(33(38)43)13-12-25(31(26)32)24-4-3-5-29(28(24)19-37)40-34(44)20-6-9-22(36)10-7-20/h3-13,18,23,39H,14-17,19,37H2,1-2H3,(H2,38,43)(H,40,44). The molecule has 0 radical (unpaired) electrons. The maximum Gasteiger partial charge on any atom is 0.255 e. The molecule has 10 heteroatoms. The quantitative estimate of drug-likeness (QED) is 0.204. The number of rotatable bonds is 7. The van der Waals surface area contributed by atoms with E-state index in [-0.39, 0.29) is 12.5 Å². The van der Waals surface area contributed by atoms with E-state index in [1.54, 1.807) is 12.1 Å². The first-order valence-electron chi connectivity index (χ1n) is 14.9. The lowest BCUT2D eigenvalue weighted by atomic mass is 9.92. The number of carbonyl (C=O) groups excluding carboxylic acids is 3. The number of hydrogen-bond donors (Lipinski definition) is 4. The second-order valence-corrected chi connectivity index (χ2v) is 11.6. The molecule has 0 spiro atoms. The van der Waals surface area contributed by atoms with Crippen LogP contribution in [0, 0.1) is 5.82 Å². The molecule has 0 atom stereocenters. The molecule has 45 heavy (non-hydrogen) atoms. The zero-order chi connectivity index (χ0) is 31.8. The van der Waals surface area contributed by atoms with E-state index in [2.05, 4.69) is 29.3 Å². The van der Waals surface area contributed by atoms with Crippen molar-refractivity contribution < 1.29 is 18.8 Å². The van der Waals surface area contributed by atoms with Crippen LogP contribution >= 0.6 is 0 Å². The fraction of sp³-hybridized carbons (Fsp3) is 0.229. The number of amides is 3. The Morgan fingerprint density at radius 3 is 2.33 bits per heavy atom. The van der Waals surface area contributed by atoms with Crippen molar-refractivity contribution in [3.05, 3.63) is 101 Å². The maximum atomic E-state index is 13.5. The third-order valence-electron chi connectivity index (χ3n) is 8.77. The van der Waals surface area contributed by atoms with Crippen molar-refractivity contribution in [1.82, 2.24) is 14.8 Å². The molecule has 4 aromatic carbocycles. The van der Waals surface area contributed by atoms with E-state index < -0.39 is 17.6 Å². The summed E-state index contributed by atoms with van der Waals surface area (Å²) >= 11 is 0. The second kappa shape index (κ2) is 12.1. The molecule has 0 unspecified atom stereocenters. The highest BCUT2D eigenvalue weighted by Crippen LogP contribution is 2.39. The van der Waals surface area contributed by atoms with Gasteiger partial charge in [-0.1, -0.05) is 24.3 Å². The van der Waals surface area contributed by atoms with E-state index in [1.165, 1.54) is 24.3 Å². The third-order valence-corrected chi connectivity index (χ3v) is 8.77. The Balaban J connectivity index is 1.41. The van der Waals surface area contributed by atoms with Gasteiger partial charge in [0.1, 0.15) is 5.82 Å². The van der Waals surface area contributed by atoms with Gasteiger partial charge in [-0.2, -0.15) is 0 Å². The van der Waals surface area contributed by atoms with E-state index in [9.17, 15) is 18.8 Å². The molecule has 0 bridgehead atoms. The number of fused-ring (bicyclic) bond motifs is 3. The number of benzene rings is 4. The Kier molecular flexibility index (Phi) is 8.09. The van der Waals surface area contributed by atoms with Crippen molar-refractivity contribution in [2.75, 3.05) is 32.5 Å². The largest absolute Gasteiger partial charge is 0.366 e. The molecule has 9 nitrogen and oxygen atoms in total. The minimum atomic E-state index is -0.586.